The van der Waals surface area contributed by atoms with Crippen molar-refractivity contribution in [3.63, 3.8) is 0 Å². The number of anilines is 2. The number of aliphatic hydroxyl groups excluding tert-OH is 2. The van der Waals surface area contributed by atoms with E-state index in [1.165, 1.54) is 10.8 Å². The first kappa shape index (κ1) is 48.5. The van der Waals surface area contributed by atoms with Gasteiger partial charge in [-0.15, -0.1) is 0 Å². The topological polar surface area (TPSA) is 198 Å². The molecular weight excluding hydrogens is 913 g/mol. The van der Waals surface area contributed by atoms with Crippen molar-refractivity contribution < 1.29 is 36.5 Å². The lowest BCUT2D eigenvalue weighted by molar-refractivity contribution is 0.0986. The maximum atomic E-state index is 11.6. The van der Waals surface area contributed by atoms with E-state index in [0.29, 0.717) is 68.4 Å². The highest BCUT2D eigenvalue weighted by Crippen LogP contribution is 2.30. The highest BCUT2D eigenvalue weighted by atomic mass is 32.2. The molecule has 2 atom stereocenters. The Balaban J connectivity index is 0.000000190. The number of fused-ring (bicyclic) bond motifs is 6. The van der Waals surface area contributed by atoms with Crippen molar-refractivity contribution in [3.8, 4) is 11.5 Å². The maximum Gasteiger partial charge on any atom is 0.229 e. The summed E-state index contributed by atoms with van der Waals surface area (Å²) in [5, 5.41) is 29.3. The SMILES string of the molecule is CS(=O)(=O)Nc1cccc(C(O)CN(CCOc2ccc3c(c2)[nH]c2ccccc23)Cc2ccccc2)c1.CS(=O)(=O)Nc1cccc(C(O)CNCCOc2ccc3c(c2)[nH]c2ccccc23)c1. The smallest absolute Gasteiger partial charge is 0.229 e. The number of nitrogens with one attached hydrogen (secondary N) is 5. The van der Waals surface area contributed by atoms with Crippen LogP contribution < -0.4 is 24.2 Å². The number of hydrogen-bond acceptors (Lipinski definition) is 10. The first-order chi connectivity index (χ1) is 33.2. The molecule has 0 aliphatic carbocycles. The largest absolute Gasteiger partial charge is 0.492 e. The molecule has 0 saturated carbocycles. The molecule has 7 aromatic carbocycles. The highest BCUT2D eigenvalue weighted by Gasteiger charge is 2.17. The maximum absolute atomic E-state index is 11.6. The molecule has 0 spiro atoms. The number of sulfonamides is 2. The Bertz CT molecular complexity index is 3380. The molecule has 0 aliphatic rings. The summed E-state index contributed by atoms with van der Waals surface area (Å²) >= 11 is 0. The number of nitrogens with zero attached hydrogens (tertiary/aromatic N) is 1. The highest BCUT2D eigenvalue weighted by molar-refractivity contribution is 7.92. The minimum atomic E-state index is -3.40. The van der Waals surface area contributed by atoms with Crippen LogP contribution in [0.1, 0.15) is 28.9 Å². The van der Waals surface area contributed by atoms with Gasteiger partial charge in [-0.25, -0.2) is 16.8 Å². The summed E-state index contributed by atoms with van der Waals surface area (Å²) in [6.07, 6.45) is 0.632. The van der Waals surface area contributed by atoms with Gasteiger partial charge in [0.15, 0.2) is 0 Å². The lowest BCUT2D eigenvalue weighted by Crippen LogP contribution is -2.32. The van der Waals surface area contributed by atoms with Crippen LogP contribution in [0.3, 0.4) is 0 Å². The molecule has 2 unspecified atom stereocenters. The number of ether oxygens (including phenoxy) is 2. The zero-order valence-electron chi connectivity index (χ0n) is 38.3. The fraction of sp³-hybridized carbons (Fsp3) is 0.208. The summed E-state index contributed by atoms with van der Waals surface area (Å²) in [6, 6.07) is 52.2. The summed E-state index contributed by atoms with van der Waals surface area (Å²) in [6.45, 7) is 3.38. The van der Waals surface area contributed by atoms with E-state index in [0.717, 1.165) is 62.4 Å². The minimum absolute atomic E-state index is 0.326. The van der Waals surface area contributed by atoms with Crippen LogP contribution in [-0.2, 0) is 26.6 Å². The fourth-order valence-corrected chi connectivity index (χ4v) is 9.32. The lowest BCUT2D eigenvalue weighted by Gasteiger charge is -2.25. The van der Waals surface area contributed by atoms with Crippen LogP contribution in [-0.4, -0.2) is 93.8 Å². The van der Waals surface area contributed by atoms with E-state index in [9.17, 15) is 27.0 Å². The Morgan fingerprint density at radius 1 is 0.536 bits per heavy atom. The second-order valence-corrected chi connectivity index (χ2v) is 20.4. The van der Waals surface area contributed by atoms with Crippen LogP contribution in [0.4, 0.5) is 11.4 Å². The van der Waals surface area contributed by atoms with Crippen LogP contribution in [0.5, 0.6) is 11.5 Å². The summed E-state index contributed by atoms with van der Waals surface area (Å²) in [5.41, 5.74) is 7.51. The van der Waals surface area contributed by atoms with Gasteiger partial charge in [0.05, 0.1) is 35.8 Å². The van der Waals surface area contributed by atoms with E-state index in [1.807, 2.05) is 66.7 Å². The molecule has 0 aliphatic heterocycles. The third-order valence-corrected chi connectivity index (χ3v) is 12.6. The third-order valence-electron chi connectivity index (χ3n) is 11.3. The van der Waals surface area contributed by atoms with E-state index in [2.05, 4.69) is 78.2 Å². The van der Waals surface area contributed by atoms with Gasteiger partial charge in [0.25, 0.3) is 0 Å². The Labute approximate surface area is 402 Å². The van der Waals surface area contributed by atoms with Crippen molar-refractivity contribution in [1.82, 2.24) is 20.2 Å². The molecule has 358 valence electrons. The van der Waals surface area contributed by atoms with Gasteiger partial charge in [0.2, 0.25) is 20.0 Å². The second-order valence-electron chi connectivity index (χ2n) is 16.9. The number of rotatable bonds is 20. The van der Waals surface area contributed by atoms with E-state index in [1.54, 1.807) is 48.5 Å². The van der Waals surface area contributed by atoms with Gasteiger partial charge >= 0.3 is 0 Å². The molecule has 0 saturated heterocycles. The standard InChI is InChI=1S/C30H31N3O4S.C23H25N3O4S/c1-38(35,36)32-24-11-7-10-23(18-24)30(34)21-33(20-22-8-3-2-4-9-22)16-17-37-25-14-15-27-26-12-5-6-13-28(26)31-29(27)19-25;1-31(28,29)26-17-6-4-5-16(13-17)23(27)15-24-11-12-30-18-9-10-20-19-7-2-3-8-21(19)25-22(20)14-18/h2-15,18-19,30-32,34H,16-17,20-21H2,1H3;2-10,13-14,23-27H,11-12,15H2,1H3. The van der Waals surface area contributed by atoms with Crippen molar-refractivity contribution in [1.29, 1.82) is 0 Å². The van der Waals surface area contributed by atoms with E-state index >= 15 is 0 Å². The van der Waals surface area contributed by atoms with E-state index in [-0.39, 0.29) is 0 Å². The Morgan fingerprint density at radius 3 is 1.58 bits per heavy atom. The Hall–Kier alpha value is -6.92. The monoisotopic (exact) mass is 968 g/mol. The molecule has 7 N–H and O–H groups in total. The zero-order valence-corrected chi connectivity index (χ0v) is 39.9. The number of hydrogen-bond donors (Lipinski definition) is 7. The molecular formula is C53H56N6O8S2. The first-order valence-electron chi connectivity index (χ1n) is 22.5. The van der Waals surface area contributed by atoms with Crippen molar-refractivity contribution in [2.75, 3.05) is 61.3 Å². The number of aromatic amines is 2. The van der Waals surface area contributed by atoms with Crippen molar-refractivity contribution in [2.24, 2.45) is 0 Å². The average Bonchev–Trinajstić information content (AvgIpc) is 3.88. The number of aromatic nitrogens is 2. The van der Waals surface area contributed by atoms with Crippen molar-refractivity contribution in [2.45, 2.75) is 18.8 Å². The number of benzene rings is 7. The summed E-state index contributed by atoms with van der Waals surface area (Å²) < 4.78 is 62.8. The normalized spacial score (nSPS) is 12.8. The predicted molar refractivity (Wildman–Crippen MR) is 277 cm³/mol. The average molecular weight is 969 g/mol. The van der Waals surface area contributed by atoms with Crippen LogP contribution >= 0.6 is 0 Å². The molecule has 16 heteroatoms. The zero-order chi connectivity index (χ0) is 48.4. The second kappa shape index (κ2) is 22.0. The summed E-state index contributed by atoms with van der Waals surface area (Å²) in [4.78, 5) is 8.98. The summed E-state index contributed by atoms with van der Waals surface area (Å²) in [7, 11) is -6.76. The predicted octanol–water partition coefficient (Wildman–Crippen LogP) is 8.70. The molecule has 0 fully saturated rings. The molecule has 14 nitrogen and oxygen atoms in total. The van der Waals surface area contributed by atoms with Gasteiger partial charge in [-0.3, -0.25) is 14.3 Å². The van der Waals surface area contributed by atoms with E-state index in [4.69, 9.17) is 9.47 Å². The van der Waals surface area contributed by atoms with Gasteiger partial charge in [-0.05, 0) is 77.4 Å². The van der Waals surface area contributed by atoms with Crippen LogP contribution in [0.25, 0.3) is 43.6 Å². The molecule has 9 rings (SSSR count). The molecule has 0 bridgehead atoms. The van der Waals surface area contributed by atoms with Gasteiger partial charge in [-0.1, -0.05) is 91.0 Å². The van der Waals surface area contributed by atoms with Gasteiger partial charge in [0, 0.05) is 88.8 Å². The van der Waals surface area contributed by atoms with Crippen molar-refractivity contribution in [3.05, 3.63) is 180 Å². The third kappa shape index (κ3) is 13.6. The molecule has 9 aromatic rings. The summed E-state index contributed by atoms with van der Waals surface area (Å²) in [5.74, 6) is 1.56. The molecule has 2 aromatic heterocycles. The fourth-order valence-electron chi connectivity index (χ4n) is 8.21. The molecule has 2 heterocycles. The Kier molecular flexibility index (Phi) is 15.5. The van der Waals surface area contributed by atoms with Crippen LogP contribution in [0, 0.1) is 0 Å². The number of aliphatic hydroxyl groups is 2. The van der Waals surface area contributed by atoms with Gasteiger partial charge < -0.3 is 35.0 Å². The molecule has 0 radical (unpaired) electrons. The van der Waals surface area contributed by atoms with Gasteiger partial charge in [-0.2, -0.15) is 0 Å². The van der Waals surface area contributed by atoms with E-state index < -0.39 is 32.3 Å². The van der Waals surface area contributed by atoms with Crippen LogP contribution in [0.2, 0.25) is 0 Å². The van der Waals surface area contributed by atoms with Gasteiger partial charge in [0.1, 0.15) is 24.7 Å². The molecule has 0 amide bonds. The lowest BCUT2D eigenvalue weighted by atomic mass is 10.1. The van der Waals surface area contributed by atoms with Crippen LogP contribution in [0.15, 0.2) is 164 Å². The first-order valence-corrected chi connectivity index (χ1v) is 26.3. The number of para-hydroxylation sites is 2. The quantitative estimate of drug-likeness (QED) is 0.0363. The minimum Gasteiger partial charge on any atom is -0.492 e. The Morgan fingerprint density at radius 2 is 1.03 bits per heavy atom. The van der Waals surface area contributed by atoms with Crippen molar-refractivity contribution >= 4 is 75.0 Å². The number of H-pyrrole nitrogens is 2. The molecule has 69 heavy (non-hydrogen) atoms.